The zero-order valence-electron chi connectivity index (χ0n) is 22.1. The number of nitrogens with zero attached hydrogens (tertiary/aromatic N) is 4. The fourth-order valence-electron chi connectivity index (χ4n) is 4.38. The van der Waals surface area contributed by atoms with Gasteiger partial charge >= 0.3 is 0 Å². The molecule has 0 bridgehead atoms. The van der Waals surface area contributed by atoms with Gasteiger partial charge in [0.15, 0.2) is 0 Å². The summed E-state index contributed by atoms with van der Waals surface area (Å²) in [4.78, 5) is 33.5. The number of phenols is 1. The van der Waals surface area contributed by atoms with Crippen LogP contribution in [-0.2, 0) is 9.59 Å². The van der Waals surface area contributed by atoms with E-state index in [1.54, 1.807) is 54.6 Å². The topological polar surface area (TPSA) is 89.0 Å². The predicted molar refractivity (Wildman–Crippen MR) is 153 cm³/mol. The van der Waals surface area contributed by atoms with Crippen molar-refractivity contribution in [3.05, 3.63) is 65.7 Å². The number of hydrogen-bond donors (Lipinski definition) is 2. The van der Waals surface area contributed by atoms with Crippen molar-refractivity contribution in [1.82, 2.24) is 9.88 Å². The van der Waals surface area contributed by atoms with Crippen LogP contribution < -0.4 is 15.1 Å². The van der Waals surface area contributed by atoms with E-state index >= 15 is 0 Å². The number of nitrogens with one attached hydrogen (secondary N) is 1. The van der Waals surface area contributed by atoms with Crippen LogP contribution in [0.3, 0.4) is 0 Å². The van der Waals surface area contributed by atoms with Crippen molar-refractivity contribution >= 4 is 41.2 Å². The minimum atomic E-state index is -0.555. The number of anilines is 3. The van der Waals surface area contributed by atoms with Gasteiger partial charge in [-0.2, -0.15) is 0 Å². The summed E-state index contributed by atoms with van der Waals surface area (Å²) in [6, 6.07) is 10.8. The van der Waals surface area contributed by atoms with Gasteiger partial charge in [-0.1, -0.05) is 24.6 Å². The van der Waals surface area contributed by atoms with Crippen molar-refractivity contribution in [2.75, 3.05) is 42.3 Å². The maximum absolute atomic E-state index is 15.0. The molecule has 0 spiro atoms. The van der Waals surface area contributed by atoms with E-state index < -0.39 is 5.82 Å². The summed E-state index contributed by atoms with van der Waals surface area (Å²) < 4.78 is 15.0. The second kappa shape index (κ2) is 12.2. The van der Waals surface area contributed by atoms with Crippen molar-refractivity contribution in [2.45, 2.75) is 26.2 Å². The van der Waals surface area contributed by atoms with E-state index in [2.05, 4.69) is 15.2 Å². The second-order valence-electron chi connectivity index (χ2n) is 9.49. The molecule has 3 aromatic rings. The molecule has 0 saturated carbocycles. The minimum absolute atomic E-state index is 0.147. The summed E-state index contributed by atoms with van der Waals surface area (Å²) in [5.74, 6) is 0.0782. The van der Waals surface area contributed by atoms with Gasteiger partial charge in [-0.25, -0.2) is 9.37 Å². The number of benzene rings is 2. The maximum atomic E-state index is 15.0. The van der Waals surface area contributed by atoms with Gasteiger partial charge < -0.3 is 20.2 Å². The SMILES string of the molecule is CCC(=O)Nc1cc(-c2cc(F)cc(-c3ccc(N(C=O)/C=C\N(C)C)c(Cl)c3)c2O)cc(N2CCCC2)n1. The van der Waals surface area contributed by atoms with E-state index in [9.17, 15) is 19.1 Å². The first-order valence-corrected chi connectivity index (χ1v) is 13.1. The Morgan fingerprint density at radius 2 is 1.79 bits per heavy atom. The molecule has 2 aromatic carbocycles. The average Bonchev–Trinajstić information content (AvgIpc) is 3.45. The lowest BCUT2D eigenvalue weighted by Gasteiger charge is -2.20. The van der Waals surface area contributed by atoms with Crippen molar-refractivity contribution in [3.8, 4) is 28.0 Å². The molecule has 1 saturated heterocycles. The number of aromatic nitrogens is 1. The molecule has 0 aliphatic carbocycles. The van der Waals surface area contributed by atoms with Crippen LogP contribution in [0.2, 0.25) is 5.02 Å². The molecule has 2 heterocycles. The molecule has 0 radical (unpaired) electrons. The van der Waals surface area contributed by atoms with Gasteiger partial charge in [-0.3, -0.25) is 14.5 Å². The molecule has 0 atom stereocenters. The number of pyridine rings is 1. The van der Waals surface area contributed by atoms with Gasteiger partial charge in [0.1, 0.15) is 23.2 Å². The van der Waals surface area contributed by atoms with Crippen LogP contribution >= 0.6 is 11.6 Å². The quantitative estimate of drug-likeness (QED) is 0.324. The first kappa shape index (κ1) is 27.9. The van der Waals surface area contributed by atoms with Crippen molar-refractivity contribution in [3.63, 3.8) is 0 Å². The number of rotatable bonds is 9. The third-order valence-electron chi connectivity index (χ3n) is 6.39. The number of amides is 2. The van der Waals surface area contributed by atoms with Crippen LogP contribution in [0.15, 0.2) is 54.9 Å². The molecule has 39 heavy (non-hydrogen) atoms. The first-order valence-electron chi connectivity index (χ1n) is 12.7. The molecule has 4 rings (SSSR count). The fraction of sp³-hybridized carbons (Fsp3) is 0.276. The molecular formula is C29H31ClFN5O3. The number of phenolic OH excluding ortho intramolecular Hbond substituents is 1. The molecule has 1 aliphatic heterocycles. The maximum Gasteiger partial charge on any atom is 0.225 e. The molecule has 204 valence electrons. The Morgan fingerprint density at radius 3 is 2.41 bits per heavy atom. The minimum Gasteiger partial charge on any atom is -0.507 e. The highest BCUT2D eigenvalue weighted by Crippen LogP contribution is 2.42. The number of carbonyl (C=O) groups is 2. The largest absolute Gasteiger partial charge is 0.507 e. The molecular weight excluding hydrogens is 521 g/mol. The third-order valence-corrected chi connectivity index (χ3v) is 6.69. The zero-order valence-corrected chi connectivity index (χ0v) is 22.9. The van der Waals surface area contributed by atoms with Crippen LogP contribution in [0.5, 0.6) is 5.75 Å². The van der Waals surface area contributed by atoms with Gasteiger partial charge in [0, 0.05) is 57.1 Å². The highest BCUT2D eigenvalue weighted by molar-refractivity contribution is 6.34. The predicted octanol–water partition coefficient (Wildman–Crippen LogP) is 5.86. The van der Waals surface area contributed by atoms with E-state index in [0.29, 0.717) is 34.9 Å². The van der Waals surface area contributed by atoms with Gasteiger partial charge in [-0.05, 0) is 60.4 Å². The first-order chi connectivity index (χ1) is 18.7. The van der Waals surface area contributed by atoms with Crippen LogP contribution in [-0.4, -0.2) is 54.5 Å². The summed E-state index contributed by atoms with van der Waals surface area (Å²) in [6.45, 7) is 3.39. The third kappa shape index (κ3) is 6.49. The highest BCUT2D eigenvalue weighted by Gasteiger charge is 2.20. The number of carbonyl (C=O) groups excluding carboxylic acids is 2. The van der Waals surface area contributed by atoms with Crippen LogP contribution in [0.25, 0.3) is 22.3 Å². The number of halogens is 2. The van der Waals surface area contributed by atoms with Crippen molar-refractivity contribution in [2.24, 2.45) is 0 Å². The Hall–Kier alpha value is -4.11. The fourth-order valence-corrected chi connectivity index (χ4v) is 4.65. The Labute approximate surface area is 232 Å². The normalized spacial score (nSPS) is 13.1. The molecule has 1 aliphatic rings. The molecule has 0 unspecified atom stereocenters. The molecule has 2 N–H and O–H groups in total. The molecule has 10 heteroatoms. The number of aromatic hydroxyl groups is 1. The lowest BCUT2D eigenvalue weighted by atomic mass is 9.97. The Balaban J connectivity index is 1.78. The smallest absolute Gasteiger partial charge is 0.225 e. The summed E-state index contributed by atoms with van der Waals surface area (Å²) in [5, 5.41) is 14.4. The van der Waals surface area contributed by atoms with Crippen molar-refractivity contribution < 1.29 is 19.1 Å². The van der Waals surface area contributed by atoms with E-state index in [1.807, 2.05) is 14.1 Å². The van der Waals surface area contributed by atoms with Gasteiger partial charge in [0.2, 0.25) is 12.3 Å². The van der Waals surface area contributed by atoms with Crippen molar-refractivity contribution in [1.29, 1.82) is 0 Å². The summed E-state index contributed by atoms with van der Waals surface area (Å²) >= 11 is 6.52. The van der Waals surface area contributed by atoms with E-state index in [4.69, 9.17) is 11.6 Å². The lowest BCUT2D eigenvalue weighted by Crippen LogP contribution is -2.20. The van der Waals surface area contributed by atoms with Gasteiger partial charge in [0.05, 0.1) is 10.7 Å². The summed E-state index contributed by atoms with van der Waals surface area (Å²) in [7, 11) is 3.65. The number of hydrogen-bond acceptors (Lipinski definition) is 6. The lowest BCUT2D eigenvalue weighted by molar-refractivity contribution is -0.116. The monoisotopic (exact) mass is 551 g/mol. The van der Waals surface area contributed by atoms with Crippen LogP contribution in [0, 0.1) is 5.82 Å². The van der Waals surface area contributed by atoms with Crippen LogP contribution in [0.4, 0.5) is 21.7 Å². The standard InChI is InChI=1S/C29H31ClFN5O3/c1-4-28(38)33-26-14-20(15-27(32-26)35-9-5-6-10-35)23-17-21(31)16-22(29(23)39)19-7-8-25(24(30)13-19)36(18-37)12-11-34(2)3/h7-8,11-18,39H,4-6,9-10H2,1-3H3,(H,32,33,38)/b12-11-. The summed E-state index contributed by atoms with van der Waals surface area (Å²) in [5.41, 5.74) is 1.91. The van der Waals surface area contributed by atoms with E-state index in [-0.39, 0.29) is 34.2 Å². The Bertz CT molecular complexity index is 1410. The Kier molecular flexibility index (Phi) is 8.71. The van der Waals surface area contributed by atoms with E-state index in [0.717, 1.165) is 25.9 Å². The van der Waals surface area contributed by atoms with Crippen LogP contribution in [0.1, 0.15) is 26.2 Å². The van der Waals surface area contributed by atoms with Gasteiger partial charge in [0.25, 0.3) is 0 Å². The average molecular weight is 552 g/mol. The molecule has 2 amide bonds. The highest BCUT2D eigenvalue weighted by atomic mass is 35.5. The molecule has 1 aromatic heterocycles. The molecule has 1 fully saturated rings. The van der Waals surface area contributed by atoms with E-state index in [1.165, 1.54) is 17.0 Å². The van der Waals surface area contributed by atoms with Gasteiger partial charge in [-0.15, -0.1) is 0 Å². The molecule has 8 nitrogen and oxygen atoms in total. The summed E-state index contributed by atoms with van der Waals surface area (Å²) in [6.07, 6.45) is 6.24. The Morgan fingerprint density at radius 1 is 1.10 bits per heavy atom. The zero-order chi connectivity index (χ0) is 28.1. The second-order valence-corrected chi connectivity index (χ2v) is 9.89.